The highest BCUT2D eigenvalue weighted by Crippen LogP contribution is 2.28. The highest BCUT2D eigenvalue weighted by atomic mass is 32.1. The Labute approximate surface area is 208 Å². The standard InChI is InChI=1S/C26H24N4O4S/c1-5-18-7-10-20(11-8-18)29-25(32)22(24(31)27-26(29)35)13-19-12-16(3)28(17(19)4)21-9-6-15(2)23(14-21)30(33)34/h6-14H,5H2,1-4H3,(H,27,31,35)/b22-13+. The second-order valence-electron chi connectivity index (χ2n) is 8.37. The minimum Gasteiger partial charge on any atom is -0.318 e. The summed E-state index contributed by atoms with van der Waals surface area (Å²) in [5, 5.41) is 14.0. The predicted molar refractivity (Wildman–Crippen MR) is 139 cm³/mol. The van der Waals surface area contributed by atoms with Gasteiger partial charge in [-0.05, 0) is 80.9 Å². The third-order valence-electron chi connectivity index (χ3n) is 6.12. The molecular weight excluding hydrogens is 464 g/mol. The zero-order valence-corrected chi connectivity index (χ0v) is 20.6. The SMILES string of the molecule is CCc1ccc(N2C(=O)/C(=C/c3cc(C)n(-c4ccc(C)c([N+](=O)[O-])c4)c3C)C(=O)NC2=S)cc1. The van der Waals surface area contributed by atoms with Crippen LogP contribution in [-0.4, -0.2) is 26.4 Å². The Bertz CT molecular complexity index is 1420. The van der Waals surface area contributed by atoms with Crippen molar-refractivity contribution in [1.29, 1.82) is 0 Å². The Morgan fingerprint density at radius 3 is 2.31 bits per heavy atom. The van der Waals surface area contributed by atoms with Crippen LogP contribution in [0, 0.1) is 30.9 Å². The third-order valence-corrected chi connectivity index (χ3v) is 6.41. The summed E-state index contributed by atoms with van der Waals surface area (Å²) in [4.78, 5) is 38.4. The maximum absolute atomic E-state index is 13.4. The average Bonchev–Trinajstić information content (AvgIpc) is 3.10. The Hall–Kier alpha value is -4.11. The van der Waals surface area contributed by atoms with Gasteiger partial charge in [0.2, 0.25) is 0 Å². The number of anilines is 1. The van der Waals surface area contributed by atoms with Crippen LogP contribution in [0.25, 0.3) is 11.8 Å². The number of nitrogens with zero attached hydrogens (tertiary/aromatic N) is 3. The number of thiocarbonyl (C=S) groups is 1. The number of nitro benzene ring substituents is 1. The van der Waals surface area contributed by atoms with Gasteiger partial charge in [0.05, 0.1) is 16.3 Å². The number of rotatable bonds is 5. The lowest BCUT2D eigenvalue weighted by atomic mass is 10.1. The normalized spacial score (nSPS) is 15.0. The summed E-state index contributed by atoms with van der Waals surface area (Å²) in [6, 6.07) is 14.3. The van der Waals surface area contributed by atoms with Gasteiger partial charge in [-0.3, -0.25) is 29.9 Å². The van der Waals surface area contributed by atoms with Crippen molar-refractivity contribution in [3.63, 3.8) is 0 Å². The molecule has 1 N–H and O–H groups in total. The molecule has 0 radical (unpaired) electrons. The fourth-order valence-corrected chi connectivity index (χ4v) is 4.47. The average molecular weight is 489 g/mol. The maximum Gasteiger partial charge on any atom is 0.274 e. The van der Waals surface area contributed by atoms with Gasteiger partial charge in [0, 0.05) is 23.0 Å². The van der Waals surface area contributed by atoms with Crippen LogP contribution in [0.15, 0.2) is 54.1 Å². The molecule has 0 saturated carbocycles. The first-order valence-electron chi connectivity index (χ1n) is 11.1. The molecular formula is C26H24N4O4S. The lowest BCUT2D eigenvalue weighted by molar-refractivity contribution is -0.385. The van der Waals surface area contributed by atoms with Gasteiger partial charge in [0.25, 0.3) is 17.5 Å². The molecule has 0 unspecified atom stereocenters. The number of nitro groups is 1. The number of carbonyl (C=O) groups is 2. The number of amides is 2. The lowest BCUT2D eigenvalue weighted by Crippen LogP contribution is -2.54. The van der Waals surface area contributed by atoms with Crippen molar-refractivity contribution < 1.29 is 14.5 Å². The number of carbonyl (C=O) groups excluding carboxylic acids is 2. The van der Waals surface area contributed by atoms with E-state index >= 15 is 0 Å². The van der Waals surface area contributed by atoms with E-state index in [0.717, 1.165) is 23.4 Å². The molecule has 0 bridgehead atoms. The van der Waals surface area contributed by atoms with Gasteiger partial charge in [-0.2, -0.15) is 0 Å². The van der Waals surface area contributed by atoms with Crippen molar-refractivity contribution in [2.24, 2.45) is 0 Å². The molecule has 35 heavy (non-hydrogen) atoms. The summed E-state index contributed by atoms with van der Waals surface area (Å²) in [5.74, 6) is -1.09. The largest absolute Gasteiger partial charge is 0.318 e. The minimum absolute atomic E-state index is 0.0231. The zero-order chi connectivity index (χ0) is 25.4. The van der Waals surface area contributed by atoms with E-state index in [1.807, 2.05) is 43.5 Å². The van der Waals surface area contributed by atoms with E-state index < -0.39 is 16.7 Å². The van der Waals surface area contributed by atoms with Crippen molar-refractivity contribution in [2.45, 2.75) is 34.1 Å². The van der Waals surface area contributed by atoms with E-state index in [1.54, 1.807) is 31.2 Å². The van der Waals surface area contributed by atoms with E-state index in [2.05, 4.69) is 5.32 Å². The molecule has 1 aliphatic heterocycles. The highest BCUT2D eigenvalue weighted by molar-refractivity contribution is 7.80. The van der Waals surface area contributed by atoms with E-state index in [-0.39, 0.29) is 16.4 Å². The van der Waals surface area contributed by atoms with Crippen LogP contribution in [0.5, 0.6) is 0 Å². The monoisotopic (exact) mass is 488 g/mol. The second kappa shape index (κ2) is 9.27. The maximum atomic E-state index is 13.4. The van der Waals surface area contributed by atoms with Crippen LogP contribution < -0.4 is 10.2 Å². The van der Waals surface area contributed by atoms with Crippen LogP contribution in [0.3, 0.4) is 0 Å². The zero-order valence-electron chi connectivity index (χ0n) is 19.8. The van der Waals surface area contributed by atoms with Gasteiger partial charge in [-0.1, -0.05) is 25.1 Å². The number of benzene rings is 2. The van der Waals surface area contributed by atoms with Gasteiger partial charge in [0.1, 0.15) is 5.57 Å². The molecule has 1 aliphatic rings. The fraction of sp³-hybridized carbons (Fsp3) is 0.192. The smallest absolute Gasteiger partial charge is 0.274 e. The first-order chi connectivity index (χ1) is 16.6. The van der Waals surface area contributed by atoms with E-state index in [0.29, 0.717) is 22.5 Å². The summed E-state index contributed by atoms with van der Waals surface area (Å²) >= 11 is 5.29. The Morgan fingerprint density at radius 2 is 1.69 bits per heavy atom. The molecule has 4 rings (SSSR count). The van der Waals surface area contributed by atoms with Crippen LogP contribution in [0.1, 0.15) is 35.0 Å². The van der Waals surface area contributed by atoms with Crippen molar-refractivity contribution in [3.8, 4) is 5.69 Å². The summed E-state index contributed by atoms with van der Waals surface area (Å²) in [7, 11) is 0. The summed E-state index contributed by atoms with van der Waals surface area (Å²) in [6.07, 6.45) is 2.40. The molecule has 1 fully saturated rings. The molecule has 1 aromatic heterocycles. The fourth-order valence-electron chi connectivity index (χ4n) is 4.19. The van der Waals surface area contributed by atoms with E-state index in [9.17, 15) is 19.7 Å². The van der Waals surface area contributed by atoms with E-state index in [4.69, 9.17) is 12.2 Å². The molecule has 9 heteroatoms. The summed E-state index contributed by atoms with van der Waals surface area (Å²) < 4.78 is 1.86. The molecule has 2 amide bonds. The minimum atomic E-state index is -0.572. The van der Waals surface area contributed by atoms with Gasteiger partial charge in [0.15, 0.2) is 5.11 Å². The van der Waals surface area contributed by atoms with E-state index in [1.165, 1.54) is 17.0 Å². The van der Waals surface area contributed by atoms with Crippen molar-refractivity contribution in [3.05, 3.63) is 92.3 Å². The molecule has 1 saturated heterocycles. The van der Waals surface area contributed by atoms with Crippen molar-refractivity contribution >= 4 is 46.6 Å². The molecule has 3 aromatic rings. The van der Waals surface area contributed by atoms with Crippen molar-refractivity contribution in [1.82, 2.24) is 9.88 Å². The van der Waals surface area contributed by atoms with Crippen LogP contribution in [-0.2, 0) is 16.0 Å². The number of aromatic nitrogens is 1. The van der Waals surface area contributed by atoms with Gasteiger partial charge >= 0.3 is 0 Å². The highest BCUT2D eigenvalue weighted by Gasteiger charge is 2.34. The predicted octanol–water partition coefficient (Wildman–Crippen LogP) is 4.70. The summed E-state index contributed by atoms with van der Waals surface area (Å²) in [5.41, 5.74) is 5.05. The Morgan fingerprint density at radius 1 is 1.03 bits per heavy atom. The number of hydrogen-bond donors (Lipinski definition) is 1. The van der Waals surface area contributed by atoms with Crippen LogP contribution >= 0.6 is 12.2 Å². The Kier molecular flexibility index (Phi) is 6.36. The van der Waals surface area contributed by atoms with Crippen LogP contribution in [0.2, 0.25) is 0 Å². The molecule has 178 valence electrons. The molecule has 8 nitrogen and oxygen atoms in total. The quantitative estimate of drug-likeness (QED) is 0.185. The summed E-state index contributed by atoms with van der Waals surface area (Å²) in [6.45, 7) is 7.42. The first-order valence-corrected chi connectivity index (χ1v) is 11.5. The third kappa shape index (κ3) is 4.38. The molecule has 2 heterocycles. The second-order valence-corrected chi connectivity index (χ2v) is 8.75. The number of aryl methyl sites for hydroxylation is 3. The van der Waals surface area contributed by atoms with Crippen molar-refractivity contribution in [2.75, 3.05) is 4.90 Å². The number of hydrogen-bond acceptors (Lipinski definition) is 5. The van der Waals surface area contributed by atoms with Gasteiger partial charge < -0.3 is 4.57 Å². The number of nitrogens with one attached hydrogen (secondary N) is 1. The molecule has 0 atom stereocenters. The van der Waals surface area contributed by atoms with Gasteiger partial charge in [-0.25, -0.2) is 0 Å². The molecule has 0 aliphatic carbocycles. The molecule has 0 spiro atoms. The lowest BCUT2D eigenvalue weighted by Gasteiger charge is -2.29. The van der Waals surface area contributed by atoms with Gasteiger partial charge in [-0.15, -0.1) is 0 Å². The Balaban J connectivity index is 1.75. The topological polar surface area (TPSA) is 97.5 Å². The molecule has 2 aromatic carbocycles. The first kappa shape index (κ1) is 24.0. The van der Waals surface area contributed by atoms with Crippen LogP contribution in [0.4, 0.5) is 11.4 Å².